The average Bonchev–Trinajstić information content (AvgIpc) is 2.82. The largest absolute Gasteiger partial charge is 0.497 e. The van der Waals surface area contributed by atoms with Gasteiger partial charge in [0.2, 0.25) is 10.0 Å². The molecule has 0 amide bonds. The molecule has 1 N–H and O–H groups in total. The molecule has 1 aliphatic rings. The van der Waals surface area contributed by atoms with E-state index in [1.165, 1.54) is 26.2 Å². The first-order valence-electron chi connectivity index (χ1n) is 6.20. The van der Waals surface area contributed by atoms with Crippen molar-refractivity contribution in [2.24, 2.45) is 0 Å². The number of Topliss-reactive ketones (excluding diaryl/α,β-unsaturated/α-hetero) is 1. The molecule has 0 saturated carbocycles. The predicted octanol–water partition coefficient (Wildman–Crippen LogP) is 0.408. The van der Waals surface area contributed by atoms with Crippen molar-refractivity contribution in [3.63, 3.8) is 0 Å². The standard InChI is InChI=1S/C13H17NO5S/c1-9(15)13-7-10(16)8-14(13)20(17,18)12-5-3-11(19-2)4-6-12/h3-6,10,13,16H,7-8H2,1-2H3/t10-,13-/m1/s1. The molecule has 0 radical (unpaired) electrons. The van der Waals surface area contributed by atoms with Crippen molar-refractivity contribution in [3.8, 4) is 5.75 Å². The Balaban J connectivity index is 2.35. The van der Waals surface area contributed by atoms with E-state index in [9.17, 15) is 18.3 Å². The highest BCUT2D eigenvalue weighted by atomic mass is 32.2. The lowest BCUT2D eigenvalue weighted by molar-refractivity contribution is -0.120. The Morgan fingerprint density at radius 2 is 1.95 bits per heavy atom. The van der Waals surface area contributed by atoms with Gasteiger partial charge in [0.15, 0.2) is 0 Å². The van der Waals surface area contributed by atoms with E-state index >= 15 is 0 Å². The third-order valence-electron chi connectivity index (χ3n) is 3.37. The monoisotopic (exact) mass is 299 g/mol. The van der Waals surface area contributed by atoms with E-state index in [1.54, 1.807) is 12.1 Å². The molecule has 0 bridgehead atoms. The first-order valence-corrected chi connectivity index (χ1v) is 7.64. The molecule has 1 aromatic carbocycles. The van der Waals surface area contributed by atoms with E-state index in [2.05, 4.69) is 0 Å². The summed E-state index contributed by atoms with van der Waals surface area (Å²) < 4.78 is 31.1. The first-order chi connectivity index (χ1) is 9.36. The fourth-order valence-electron chi connectivity index (χ4n) is 2.30. The van der Waals surface area contributed by atoms with Gasteiger partial charge < -0.3 is 9.84 Å². The lowest BCUT2D eigenvalue weighted by atomic mass is 10.1. The molecule has 0 unspecified atom stereocenters. The zero-order valence-electron chi connectivity index (χ0n) is 11.3. The van der Waals surface area contributed by atoms with Crippen LogP contribution in [0.15, 0.2) is 29.2 Å². The van der Waals surface area contributed by atoms with E-state index in [0.717, 1.165) is 4.31 Å². The number of aliphatic hydroxyl groups is 1. The Labute approximate surface area is 118 Å². The van der Waals surface area contributed by atoms with Crippen LogP contribution in [0.3, 0.4) is 0 Å². The Bertz CT molecular complexity index is 596. The van der Waals surface area contributed by atoms with Crippen LogP contribution in [0.1, 0.15) is 13.3 Å². The number of ether oxygens (including phenoxy) is 1. The minimum Gasteiger partial charge on any atom is -0.497 e. The minimum atomic E-state index is -3.79. The Kier molecular flexibility index (Phi) is 4.12. The van der Waals surface area contributed by atoms with Crippen molar-refractivity contribution in [2.45, 2.75) is 30.4 Å². The van der Waals surface area contributed by atoms with Crippen LogP contribution in [0.5, 0.6) is 5.75 Å². The fraction of sp³-hybridized carbons (Fsp3) is 0.462. The van der Waals surface area contributed by atoms with Gasteiger partial charge >= 0.3 is 0 Å². The second-order valence-corrected chi connectivity index (χ2v) is 6.66. The fourth-order valence-corrected chi connectivity index (χ4v) is 3.99. The molecule has 110 valence electrons. The maximum atomic E-state index is 12.5. The molecule has 1 fully saturated rings. The van der Waals surface area contributed by atoms with Gasteiger partial charge in [0, 0.05) is 6.54 Å². The Morgan fingerprint density at radius 3 is 2.45 bits per heavy atom. The number of methoxy groups -OCH3 is 1. The number of β-amino-alcohol motifs (C(OH)–C–C–N with tert-alkyl or cyclic N) is 1. The number of ketones is 1. The molecule has 1 aromatic rings. The molecule has 20 heavy (non-hydrogen) atoms. The number of hydrogen-bond donors (Lipinski definition) is 1. The summed E-state index contributed by atoms with van der Waals surface area (Å²) >= 11 is 0. The summed E-state index contributed by atoms with van der Waals surface area (Å²) in [5.74, 6) is 0.284. The van der Waals surface area contributed by atoms with Crippen molar-refractivity contribution in [1.82, 2.24) is 4.31 Å². The highest BCUT2D eigenvalue weighted by Gasteiger charge is 2.41. The molecule has 1 saturated heterocycles. The van der Waals surface area contributed by atoms with Gasteiger partial charge in [-0.15, -0.1) is 0 Å². The van der Waals surface area contributed by atoms with Gasteiger partial charge in [-0.25, -0.2) is 8.42 Å². The van der Waals surface area contributed by atoms with Gasteiger partial charge in [-0.1, -0.05) is 0 Å². The lowest BCUT2D eigenvalue weighted by Crippen LogP contribution is -2.39. The molecule has 1 heterocycles. The van der Waals surface area contributed by atoms with Crippen LogP contribution >= 0.6 is 0 Å². The normalized spacial score (nSPS) is 23.8. The van der Waals surface area contributed by atoms with Crippen LogP contribution < -0.4 is 4.74 Å². The third-order valence-corrected chi connectivity index (χ3v) is 5.26. The van der Waals surface area contributed by atoms with Gasteiger partial charge in [-0.2, -0.15) is 4.31 Å². The zero-order chi connectivity index (χ0) is 14.9. The number of sulfonamides is 1. The topological polar surface area (TPSA) is 83.9 Å². The van der Waals surface area contributed by atoms with Gasteiger partial charge in [0.05, 0.1) is 24.2 Å². The highest BCUT2D eigenvalue weighted by Crippen LogP contribution is 2.27. The molecule has 1 aliphatic heterocycles. The molecule has 0 aliphatic carbocycles. The number of carbonyl (C=O) groups is 1. The van der Waals surface area contributed by atoms with Gasteiger partial charge in [0.25, 0.3) is 0 Å². The van der Waals surface area contributed by atoms with Crippen LogP contribution in [0.25, 0.3) is 0 Å². The summed E-state index contributed by atoms with van der Waals surface area (Å²) in [5, 5.41) is 9.63. The number of rotatable bonds is 4. The van der Waals surface area contributed by atoms with E-state index in [0.29, 0.717) is 5.75 Å². The molecule has 7 heteroatoms. The van der Waals surface area contributed by atoms with Gasteiger partial charge in [0.1, 0.15) is 11.5 Å². The Hall–Kier alpha value is -1.44. The molecule has 2 rings (SSSR count). The van der Waals surface area contributed by atoms with Gasteiger partial charge in [-0.3, -0.25) is 4.79 Å². The maximum absolute atomic E-state index is 12.5. The number of benzene rings is 1. The summed E-state index contributed by atoms with van der Waals surface area (Å²) in [6, 6.07) is 5.15. The highest BCUT2D eigenvalue weighted by molar-refractivity contribution is 7.89. The zero-order valence-corrected chi connectivity index (χ0v) is 12.1. The van der Waals surface area contributed by atoms with E-state index in [-0.39, 0.29) is 23.6 Å². The van der Waals surface area contributed by atoms with E-state index in [1.807, 2.05) is 0 Å². The third kappa shape index (κ3) is 2.70. The molecular weight excluding hydrogens is 282 g/mol. The van der Waals surface area contributed by atoms with Crippen molar-refractivity contribution in [3.05, 3.63) is 24.3 Å². The van der Waals surface area contributed by atoms with Crippen molar-refractivity contribution >= 4 is 15.8 Å². The summed E-state index contributed by atoms with van der Waals surface area (Å²) in [4.78, 5) is 11.6. The minimum absolute atomic E-state index is 0.0569. The molecule has 6 nitrogen and oxygen atoms in total. The SMILES string of the molecule is COc1ccc(S(=O)(=O)N2C[C@H](O)C[C@@H]2C(C)=O)cc1. The molecular formula is C13H17NO5S. The molecule has 0 aromatic heterocycles. The molecule has 0 spiro atoms. The number of aliphatic hydroxyl groups excluding tert-OH is 1. The predicted molar refractivity (Wildman–Crippen MR) is 72.0 cm³/mol. The van der Waals surface area contributed by atoms with E-state index < -0.39 is 22.2 Å². The smallest absolute Gasteiger partial charge is 0.243 e. The second kappa shape index (κ2) is 5.51. The van der Waals surface area contributed by atoms with Crippen LogP contribution in [0.2, 0.25) is 0 Å². The maximum Gasteiger partial charge on any atom is 0.243 e. The first kappa shape index (κ1) is 15.0. The lowest BCUT2D eigenvalue weighted by Gasteiger charge is -2.21. The van der Waals surface area contributed by atoms with Crippen LogP contribution in [0, 0.1) is 0 Å². The van der Waals surface area contributed by atoms with E-state index in [4.69, 9.17) is 4.74 Å². The van der Waals surface area contributed by atoms with Crippen molar-refractivity contribution in [2.75, 3.05) is 13.7 Å². The molecule has 2 atom stereocenters. The summed E-state index contributed by atoms with van der Waals surface area (Å²) in [5.41, 5.74) is 0. The van der Waals surface area contributed by atoms with Crippen LogP contribution in [0.4, 0.5) is 0 Å². The number of nitrogens with zero attached hydrogens (tertiary/aromatic N) is 1. The van der Waals surface area contributed by atoms with Crippen molar-refractivity contribution < 1.29 is 23.1 Å². The van der Waals surface area contributed by atoms with Crippen LogP contribution in [-0.4, -0.2) is 49.4 Å². The summed E-state index contributed by atoms with van der Waals surface area (Å²) in [6.45, 7) is 1.28. The Morgan fingerprint density at radius 1 is 1.35 bits per heavy atom. The average molecular weight is 299 g/mol. The van der Waals surface area contributed by atoms with Crippen molar-refractivity contribution in [1.29, 1.82) is 0 Å². The summed E-state index contributed by atoms with van der Waals surface area (Å²) in [7, 11) is -2.30. The quantitative estimate of drug-likeness (QED) is 0.870. The van der Waals surface area contributed by atoms with Gasteiger partial charge in [-0.05, 0) is 37.6 Å². The number of hydrogen-bond acceptors (Lipinski definition) is 5. The summed E-state index contributed by atoms with van der Waals surface area (Å²) in [6.07, 6.45) is -0.665. The van der Waals surface area contributed by atoms with Crippen LogP contribution in [-0.2, 0) is 14.8 Å². The second-order valence-electron chi connectivity index (χ2n) is 4.77. The number of carbonyl (C=O) groups excluding carboxylic acids is 1.